The number of nitrogens with zero attached hydrogens (tertiary/aromatic N) is 4. The monoisotopic (exact) mass is 867 g/mol. The first-order valence-corrected chi connectivity index (χ1v) is 24.6. The number of hydrogen-bond acceptors (Lipinski definition) is 11. The van der Waals surface area contributed by atoms with Gasteiger partial charge in [-0.1, -0.05) is 42.5 Å². The Morgan fingerprint density at radius 3 is 2.03 bits per heavy atom. The summed E-state index contributed by atoms with van der Waals surface area (Å²) >= 11 is 0. The fraction of sp³-hybridized carbons (Fsp3) is 0.542. The molecule has 332 valence electrons. The SMILES string of the molecule is CCOc1cc([C@@H](CS(C)(=O)=O)N2C(=O)c3cccc(CCN4CCC(N5CCC(N6CCC(c7ccc(C8CCC(=O)NC8=O)cc7)CC6)CC5)CC4)c3C2=O)ccc1OC. The Bertz CT molecular complexity index is 2240. The van der Waals surface area contributed by atoms with Gasteiger partial charge in [0.25, 0.3) is 11.8 Å². The first-order valence-electron chi connectivity index (χ1n) is 22.5. The maximum Gasteiger partial charge on any atom is 0.262 e. The highest BCUT2D eigenvalue weighted by molar-refractivity contribution is 7.90. The number of benzene rings is 3. The molecular weight excluding hydrogens is 807 g/mol. The van der Waals surface area contributed by atoms with Crippen molar-refractivity contribution < 1.29 is 37.1 Å². The van der Waals surface area contributed by atoms with Crippen LogP contribution in [0.4, 0.5) is 0 Å². The van der Waals surface area contributed by atoms with Crippen molar-refractivity contribution in [2.45, 2.75) is 94.7 Å². The number of nitrogens with one attached hydrogen (secondary N) is 1. The van der Waals surface area contributed by atoms with Crippen LogP contribution < -0.4 is 14.8 Å². The molecule has 14 heteroatoms. The van der Waals surface area contributed by atoms with E-state index in [9.17, 15) is 27.6 Å². The van der Waals surface area contributed by atoms with Gasteiger partial charge >= 0.3 is 0 Å². The summed E-state index contributed by atoms with van der Waals surface area (Å²) in [6, 6.07) is 19.2. The lowest BCUT2D eigenvalue weighted by Gasteiger charge is -2.45. The Labute approximate surface area is 366 Å². The minimum atomic E-state index is -3.60. The highest BCUT2D eigenvalue weighted by Gasteiger charge is 2.43. The molecule has 3 aromatic carbocycles. The smallest absolute Gasteiger partial charge is 0.262 e. The molecule has 5 aliphatic rings. The van der Waals surface area contributed by atoms with Gasteiger partial charge in [0.15, 0.2) is 11.5 Å². The Balaban J connectivity index is 0.806. The quantitative estimate of drug-likeness (QED) is 0.210. The molecule has 8 rings (SSSR count). The van der Waals surface area contributed by atoms with Crippen LogP contribution in [0.2, 0.25) is 0 Å². The van der Waals surface area contributed by atoms with Crippen LogP contribution in [0.15, 0.2) is 60.7 Å². The van der Waals surface area contributed by atoms with Crippen LogP contribution in [0, 0.1) is 0 Å². The van der Waals surface area contributed by atoms with Gasteiger partial charge in [-0.05, 0) is 144 Å². The number of rotatable bonds is 14. The second-order valence-corrected chi connectivity index (χ2v) is 20.0. The number of fused-ring (bicyclic) bond motifs is 1. The van der Waals surface area contributed by atoms with Gasteiger partial charge in [0.1, 0.15) is 9.84 Å². The first kappa shape index (κ1) is 44.0. The van der Waals surface area contributed by atoms with Crippen molar-refractivity contribution in [1.29, 1.82) is 0 Å². The average molecular weight is 868 g/mol. The third-order valence-corrected chi connectivity index (χ3v) is 15.0. The van der Waals surface area contributed by atoms with Crippen molar-refractivity contribution in [2.75, 3.05) is 71.5 Å². The van der Waals surface area contributed by atoms with E-state index in [0.717, 1.165) is 93.8 Å². The molecule has 4 saturated heterocycles. The largest absolute Gasteiger partial charge is 0.493 e. The Morgan fingerprint density at radius 2 is 1.40 bits per heavy atom. The van der Waals surface area contributed by atoms with E-state index in [2.05, 4.69) is 44.3 Å². The lowest BCUT2D eigenvalue weighted by atomic mass is 9.85. The molecule has 13 nitrogen and oxygen atoms in total. The second kappa shape index (κ2) is 19.0. The minimum Gasteiger partial charge on any atom is -0.493 e. The molecule has 5 heterocycles. The maximum absolute atomic E-state index is 14.2. The van der Waals surface area contributed by atoms with E-state index < -0.39 is 33.4 Å². The molecular formula is C48H61N5O8S. The zero-order valence-electron chi connectivity index (χ0n) is 36.4. The van der Waals surface area contributed by atoms with E-state index in [0.29, 0.717) is 72.1 Å². The van der Waals surface area contributed by atoms with E-state index in [-0.39, 0.29) is 17.7 Å². The van der Waals surface area contributed by atoms with Crippen molar-refractivity contribution in [3.05, 3.63) is 94.0 Å². The summed E-state index contributed by atoms with van der Waals surface area (Å²) in [5, 5.41) is 2.48. The van der Waals surface area contributed by atoms with Crippen molar-refractivity contribution in [1.82, 2.24) is 24.9 Å². The number of methoxy groups -OCH3 is 1. The van der Waals surface area contributed by atoms with E-state index in [1.165, 1.54) is 25.5 Å². The highest BCUT2D eigenvalue weighted by Crippen LogP contribution is 2.38. The number of carbonyl (C=O) groups excluding carboxylic acids is 4. The summed E-state index contributed by atoms with van der Waals surface area (Å²) in [5.74, 6) is -0.533. The molecule has 1 N–H and O–H groups in total. The summed E-state index contributed by atoms with van der Waals surface area (Å²) in [4.78, 5) is 61.1. The minimum absolute atomic E-state index is 0.178. The topological polar surface area (TPSA) is 146 Å². The van der Waals surface area contributed by atoms with Gasteiger partial charge in [-0.15, -0.1) is 0 Å². The van der Waals surface area contributed by atoms with Crippen LogP contribution in [-0.4, -0.2) is 135 Å². The summed E-state index contributed by atoms with van der Waals surface area (Å²) < 4.78 is 36.6. The molecule has 0 spiro atoms. The predicted octanol–water partition coefficient (Wildman–Crippen LogP) is 5.35. The number of sulfone groups is 1. The normalized spacial score (nSPS) is 22.2. The molecule has 2 atom stereocenters. The maximum atomic E-state index is 14.2. The fourth-order valence-corrected chi connectivity index (χ4v) is 11.6. The van der Waals surface area contributed by atoms with Crippen LogP contribution in [0.25, 0.3) is 0 Å². The highest BCUT2D eigenvalue weighted by atomic mass is 32.2. The zero-order chi connectivity index (χ0) is 43.5. The molecule has 0 radical (unpaired) electrons. The van der Waals surface area contributed by atoms with Crippen LogP contribution in [-0.2, 0) is 25.8 Å². The fourth-order valence-electron chi connectivity index (χ4n) is 10.7. The van der Waals surface area contributed by atoms with E-state index >= 15 is 0 Å². The number of amides is 4. The van der Waals surface area contributed by atoms with Gasteiger partial charge in [0, 0.05) is 31.3 Å². The number of hydrogen-bond donors (Lipinski definition) is 1. The standard InChI is InChI=1S/C48H61N5O8S/c1-4-61-43-30-36(12-14-42(43)60-2)41(31-62(3,58)59)53-47(56)40-7-5-6-35(45(40)48(53)57)16-23-50-24-19-37(20-25-50)52-28-21-38(22-29-52)51-26-17-33(18-27-51)32-8-10-34(11-9-32)39-13-15-44(54)49-46(39)55/h5-12,14,30,33,37-39,41H,4,13,15-29,31H2,1-3H3,(H,49,54,55)/t39?,41-/m1/s1. The van der Waals surface area contributed by atoms with Crippen LogP contribution >= 0.6 is 0 Å². The van der Waals surface area contributed by atoms with Gasteiger partial charge in [0.2, 0.25) is 11.8 Å². The predicted molar refractivity (Wildman–Crippen MR) is 236 cm³/mol. The summed E-state index contributed by atoms with van der Waals surface area (Å²) in [5.41, 5.74) is 4.32. The van der Waals surface area contributed by atoms with Crippen molar-refractivity contribution in [3.8, 4) is 11.5 Å². The third-order valence-electron chi connectivity index (χ3n) is 14.0. The van der Waals surface area contributed by atoms with E-state index in [4.69, 9.17) is 9.47 Å². The second-order valence-electron chi connectivity index (χ2n) is 17.8. The molecule has 4 amide bonds. The molecule has 0 saturated carbocycles. The lowest BCUT2D eigenvalue weighted by molar-refractivity contribution is -0.134. The lowest BCUT2D eigenvalue weighted by Crippen LogP contribution is -2.52. The molecule has 0 aromatic heterocycles. The van der Waals surface area contributed by atoms with Crippen molar-refractivity contribution >= 4 is 33.5 Å². The molecule has 3 aromatic rings. The number of imide groups is 2. The molecule has 5 aliphatic heterocycles. The van der Waals surface area contributed by atoms with Crippen LogP contribution in [0.3, 0.4) is 0 Å². The molecule has 0 bridgehead atoms. The van der Waals surface area contributed by atoms with Crippen molar-refractivity contribution in [2.24, 2.45) is 0 Å². The number of likely N-dealkylation sites (tertiary alicyclic amines) is 3. The van der Waals surface area contributed by atoms with Gasteiger partial charge in [-0.3, -0.25) is 29.4 Å². The van der Waals surface area contributed by atoms with Crippen LogP contribution in [0.5, 0.6) is 11.5 Å². The first-order chi connectivity index (χ1) is 29.9. The number of ether oxygens (including phenoxy) is 2. The number of piperidine rings is 4. The molecule has 4 fully saturated rings. The summed E-state index contributed by atoms with van der Waals surface area (Å²) in [6.07, 6.45) is 9.61. The van der Waals surface area contributed by atoms with E-state index in [1.54, 1.807) is 24.3 Å². The summed E-state index contributed by atoms with van der Waals surface area (Å²) in [6.45, 7) is 9.42. The van der Waals surface area contributed by atoms with Gasteiger partial charge in [0.05, 0.1) is 42.6 Å². The number of carbonyl (C=O) groups is 4. The zero-order valence-corrected chi connectivity index (χ0v) is 37.2. The van der Waals surface area contributed by atoms with E-state index in [1.807, 2.05) is 19.1 Å². The third kappa shape index (κ3) is 9.63. The van der Waals surface area contributed by atoms with Crippen molar-refractivity contribution in [3.63, 3.8) is 0 Å². The molecule has 0 aliphatic carbocycles. The summed E-state index contributed by atoms with van der Waals surface area (Å²) in [7, 11) is -2.08. The molecule has 1 unspecified atom stereocenters. The molecule has 62 heavy (non-hydrogen) atoms. The van der Waals surface area contributed by atoms with Gasteiger partial charge in [-0.25, -0.2) is 8.42 Å². The Hall–Kier alpha value is -4.63. The van der Waals surface area contributed by atoms with Gasteiger partial charge in [-0.2, -0.15) is 0 Å². The Kier molecular flexibility index (Phi) is 13.5. The average Bonchev–Trinajstić information content (AvgIpc) is 3.53. The Morgan fingerprint density at radius 1 is 0.758 bits per heavy atom. The van der Waals surface area contributed by atoms with Gasteiger partial charge < -0.3 is 24.2 Å². The van der Waals surface area contributed by atoms with Crippen LogP contribution in [0.1, 0.15) is 119 Å².